The molecule has 200 valence electrons. The molecule has 34 heavy (non-hydrogen) atoms. The van der Waals surface area contributed by atoms with E-state index in [0.717, 1.165) is 0 Å². The Balaban J connectivity index is 1.65. The number of rotatable bonds is 7. The van der Waals surface area contributed by atoms with Crippen molar-refractivity contribution in [2.75, 3.05) is 19.8 Å². The summed E-state index contributed by atoms with van der Waals surface area (Å²) >= 11 is 0. The largest absolute Gasteiger partial charge is 0.394 e. The molecule has 0 aliphatic carbocycles. The molecule has 0 saturated carbocycles. The van der Waals surface area contributed by atoms with Crippen molar-refractivity contribution in [3.8, 4) is 0 Å². The highest BCUT2D eigenvalue weighted by Gasteiger charge is 2.51. The minimum absolute atomic E-state index is 0.609. The molecule has 16 nitrogen and oxygen atoms in total. The van der Waals surface area contributed by atoms with Crippen LogP contribution in [0.3, 0.4) is 0 Å². The van der Waals surface area contributed by atoms with Crippen molar-refractivity contribution in [3.05, 3.63) is 0 Å². The van der Waals surface area contributed by atoms with E-state index in [-0.39, 0.29) is 0 Å². The number of aliphatic hydroxyl groups is 11. The van der Waals surface area contributed by atoms with Gasteiger partial charge in [0.25, 0.3) is 0 Å². The van der Waals surface area contributed by atoms with Gasteiger partial charge in [-0.15, -0.1) is 0 Å². The quantitative estimate of drug-likeness (QED) is 0.154. The Morgan fingerprint density at radius 3 is 1.53 bits per heavy atom. The van der Waals surface area contributed by atoms with Gasteiger partial charge in [0.15, 0.2) is 18.9 Å². The molecule has 0 aromatic carbocycles. The van der Waals surface area contributed by atoms with Crippen molar-refractivity contribution in [2.45, 2.75) is 92.1 Å². The molecule has 3 aliphatic rings. The second-order valence-corrected chi connectivity index (χ2v) is 8.37. The van der Waals surface area contributed by atoms with E-state index in [4.69, 9.17) is 23.7 Å². The zero-order valence-electron chi connectivity index (χ0n) is 17.7. The lowest BCUT2D eigenvalue weighted by molar-refractivity contribution is -0.361. The molecule has 3 saturated heterocycles. The minimum Gasteiger partial charge on any atom is -0.394 e. The summed E-state index contributed by atoms with van der Waals surface area (Å²) in [5.74, 6) is 0. The molecule has 0 spiro atoms. The van der Waals surface area contributed by atoms with Crippen molar-refractivity contribution in [2.24, 2.45) is 0 Å². The maximum absolute atomic E-state index is 10.6. The molecule has 0 aromatic heterocycles. The molecule has 16 heteroatoms. The highest BCUT2D eigenvalue weighted by Crippen LogP contribution is 2.29. The third-order valence-corrected chi connectivity index (χ3v) is 6.07. The van der Waals surface area contributed by atoms with E-state index in [9.17, 15) is 56.2 Å². The molecule has 3 fully saturated rings. The number of hydrogen-bond acceptors (Lipinski definition) is 16. The maximum atomic E-state index is 10.6. The minimum atomic E-state index is -1.93. The molecule has 0 unspecified atom stereocenters. The second-order valence-electron chi connectivity index (χ2n) is 8.37. The van der Waals surface area contributed by atoms with E-state index in [0.29, 0.717) is 0 Å². The van der Waals surface area contributed by atoms with Crippen LogP contribution in [0.1, 0.15) is 0 Å². The highest BCUT2D eigenvalue weighted by atomic mass is 16.7. The van der Waals surface area contributed by atoms with Gasteiger partial charge in [-0.25, -0.2) is 0 Å². The van der Waals surface area contributed by atoms with Crippen molar-refractivity contribution in [1.82, 2.24) is 0 Å². The summed E-state index contributed by atoms with van der Waals surface area (Å²) in [5.41, 5.74) is 0. The topological polar surface area (TPSA) is 269 Å². The van der Waals surface area contributed by atoms with E-state index < -0.39 is 112 Å². The average molecular weight is 504 g/mol. The average Bonchev–Trinajstić information content (AvgIpc) is 2.82. The van der Waals surface area contributed by atoms with Crippen molar-refractivity contribution >= 4 is 0 Å². The van der Waals surface area contributed by atoms with E-state index in [1.807, 2.05) is 0 Å². The predicted octanol–water partition coefficient (Wildman–Crippen LogP) is -7.57. The van der Waals surface area contributed by atoms with Gasteiger partial charge in [-0.3, -0.25) is 0 Å². The zero-order valence-corrected chi connectivity index (χ0v) is 17.7. The SMILES string of the molecule is OC[C@H]1O[C@H](OC[C@H]2O[C@H](O)[C@H](O)[C@@H](O[C@H]3O[C@H](CO)[C@H](O)[C@H](O)[C@H]3O)[C@@H]2O)[C@H](O)[C@@H](O)[C@H]1O. The van der Waals surface area contributed by atoms with Crippen LogP contribution in [0, 0.1) is 0 Å². The summed E-state index contributed by atoms with van der Waals surface area (Å²) in [4.78, 5) is 0. The lowest BCUT2D eigenvalue weighted by atomic mass is 9.97. The van der Waals surface area contributed by atoms with Gasteiger partial charge >= 0.3 is 0 Å². The molecule has 0 amide bonds. The Bertz CT molecular complexity index is 637. The first-order chi connectivity index (χ1) is 16.0. The fourth-order valence-corrected chi connectivity index (χ4v) is 3.94. The molecule has 0 bridgehead atoms. The van der Waals surface area contributed by atoms with Crippen LogP contribution in [-0.2, 0) is 23.7 Å². The Morgan fingerprint density at radius 2 is 1.00 bits per heavy atom. The fraction of sp³-hybridized carbons (Fsp3) is 1.00. The molecule has 15 atom stereocenters. The van der Waals surface area contributed by atoms with Gasteiger partial charge in [0.2, 0.25) is 0 Å². The fourth-order valence-electron chi connectivity index (χ4n) is 3.94. The maximum Gasteiger partial charge on any atom is 0.187 e. The van der Waals surface area contributed by atoms with Crippen LogP contribution in [0.25, 0.3) is 0 Å². The molecule has 3 heterocycles. The van der Waals surface area contributed by atoms with E-state index in [1.54, 1.807) is 0 Å². The molecule has 0 radical (unpaired) electrons. The van der Waals surface area contributed by atoms with Crippen LogP contribution in [0.4, 0.5) is 0 Å². The van der Waals surface area contributed by atoms with Gasteiger partial charge in [-0.2, -0.15) is 0 Å². The van der Waals surface area contributed by atoms with Gasteiger partial charge in [0, 0.05) is 0 Å². The summed E-state index contributed by atoms with van der Waals surface area (Å²) in [6.45, 7) is -2.06. The first-order valence-corrected chi connectivity index (χ1v) is 10.6. The Hall–Kier alpha value is -0.640. The summed E-state index contributed by atoms with van der Waals surface area (Å²) < 4.78 is 26.1. The Kier molecular flexibility index (Phi) is 9.54. The molecular weight excluding hydrogens is 472 g/mol. The molecular formula is C18H32O16. The lowest BCUT2D eigenvalue weighted by Crippen LogP contribution is -2.65. The van der Waals surface area contributed by atoms with Crippen molar-refractivity contribution in [3.63, 3.8) is 0 Å². The number of ether oxygens (including phenoxy) is 5. The molecule has 3 aliphatic heterocycles. The first kappa shape index (κ1) is 27.9. The van der Waals surface area contributed by atoms with Gasteiger partial charge in [-0.05, 0) is 0 Å². The van der Waals surface area contributed by atoms with Crippen molar-refractivity contribution in [1.29, 1.82) is 0 Å². The van der Waals surface area contributed by atoms with Crippen LogP contribution in [-0.4, -0.2) is 168 Å². The van der Waals surface area contributed by atoms with E-state index in [1.165, 1.54) is 0 Å². The summed E-state index contributed by atoms with van der Waals surface area (Å²) in [7, 11) is 0. The Morgan fingerprint density at radius 1 is 0.500 bits per heavy atom. The summed E-state index contributed by atoms with van der Waals surface area (Å²) in [5, 5.41) is 109. The zero-order chi connectivity index (χ0) is 25.3. The third kappa shape index (κ3) is 5.52. The molecule has 11 N–H and O–H groups in total. The normalized spacial score (nSPS) is 52.5. The molecule has 3 rings (SSSR count). The van der Waals surface area contributed by atoms with Gasteiger partial charge in [0.05, 0.1) is 19.8 Å². The van der Waals surface area contributed by atoms with Gasteiger partial charge in [-0.1, -0.05) is 0 Å². The van der Waals surface area contributed by atoms with Crippen LogP contribution in [0.2, 0.25) is 0 Å². The smallest absolute Gasteiger partial charge is 0.187 e. The second kappa shape index (κ2) is 11.6. The summed E-state index contributed by atoms with van der Waals surface area (Å²) in [6, 6.07) is 0. The van der Waals surface area contributed by atoms with Crippen LogP contribution >= 0.6 is 0 Å². The predicted molar refractivity (Wildman–Crippen MR) is 101 cm³/mol. The lowest BCUT2D eigenvalue weighted by Gasteiger charge is -2.45. The molecule has 0 aromatic rings. The first-order valence-electron chi connectivity index (χ1n) is 10.6. The van der Waals surface area contributed by atoms with Crippen LogP contribution in [0.5, 0.6) is 0 Å². The number of aliphatic hydroxyl groups excluding tert-OH is 11. The van der Waals surface area contributed by atoms with Crippen LogP contribution < -0.4 is 0 Å². The van der Waals surface area contributed by atoms with Crippen molar-refractivity contribution < 1.29 is 79.9 Å². The van der Waals surface area contributed by atoms with Gasteiger partial charge in [0.1, 0.15) is 73.2 Å². The third-order valence-electron chi connectivity index (χ3n) is 6.07. The van der Waals surface area contributed by atoms with Crippen LogP contribution in [0.15, 0.2) is 0 Å². The standard InChI is InChI=1S/C18H32O16/c19-1-4-7(21)10(24)12(26)17(32-4)30-3-6-9(23)15(14(28)16(29)31-6)34-18-13(27)11(25)8(22)5(2-20)33-18/h4-29H,1-3H2/t4-,5-,6-,7+,8+,9-,10+,11+,12-,13-,14-,15+,16+,17+,18-/m1/s1. The Labute approximate surface area is 192 Å². The summed E-state index contributed by atoms with van der Waals surface area (Å²) in [6.07, 6.45) is -24.9. The number of hydrogen-bond donors (Lipinski definition) is 11. The van der Waals surface area contributed by atoms with Gasteiger partial charge < -0.3 is 79.9 Å². The van der Waals surface area contributed by atoms with E-state index >= 15 is 0 Å². The highest BCUT2D eigenvalue weighted by molar-refractivity contribution is 4.94. The van der Waals surface area contributed by atoms with E-state index in [2.05, 4.69) is 0 Å². The monoisotopic (exact) mass is 504 g/mol.